The van der Waals surface area contributed by atoms with Crippen molar-refractivity contribution in [2.45, 2.75) is 31.7 Å². The standard InChI is InChI=1S/C7H13F2N/c1-6-5-7(8,9)3-4-10(6)2/h6H,3-5H2,1-2H3. The number of hydrogen-bond donors (Lipinski definition) is 0. The minimum atomic E-state index is -2.41. The molecule has 10 heavy (non-hydrogen) atoms. The van der Waals surface area contributed by atoms with Crippen molar-refractivity contribution in [3.8, 4) is 0 Å². The van der Waals surface area contributed by atoms with E-state index in [9.17, 15) is 8.78 Å². The molecule has 1 nitrogen and oxygen atoms in total. The van der Waals surface area contributed by atoms with E-state index in [4.69, 9.17) is 0 Å². The van der Waals surface area contributed by atoms with Crippen LogP contribution in [0.25, 0.3) is 0 Å². The van der Waals surface area contributed by atoms with Gasteiger partial charge in [0.05, 0.1) is 0 Å². The SMILES string of the molecule is CC1CC(F)(F)CCN1C. The maximum absolute atomic E-state index is 12.6. The lowest BCUT2D eigenvalue weighted by Gasteiger charge is -2.34. The van der Waals surface area contributed by atoms with Gasteiger partial charge in [-0.2, -0.15) is 0 Å². The first-order valence-electron chi connectivity index (χ1n) is 3.59. The van der Waals surface area contributed by atoms with E-state index in [1.807, 2.05) is 18.9 Å². The molecule has 1 aliphatic rings. The Morgan fingerprint density at radius 1 is 1.50 bits per heavy atom. The molecule has 0 amide bonds. The Morgan fingerprint density at radius 3 is 2.50 bits per heavy atom. The molecule has 0 aromatic heterocycles. The van der Waals surface area contributed by atoms with Gasteiger partial charge in [-0.05, 0) is 14.0 Å². The zero-order valence-corrected chi connectivity index (χ0v) is 6.40. The molecule has 1 atom stereocenters. The molecular weight excluding hydrogens is 136 g/mol. The van der Waals surface area contributed by atoms with Crippen LogP contribution in [0.15, 0.2) is 0 Å². The average Bonchev–Trinajstić information content (AvgIpc) is 1.79. The Morgan fingerprint density at radius 2 is 2.10 bits per heavy atom. The van der Waals surface area contributed by atoms with Crippen LogP contribution in [-0.2, 0) is 0 Å². The predicted octanol–water partition coefficient (Wildman–Crippen LogP) is 1.74. The number of piperidine rings is 1. The van der Waals surface area contributed by atoms with Gasteiger partial charge in [-0.15, -0.1) is 0 Å². The van der Waals surface area contributed by atoms with Gasteiger partial charge in [0.25, 0.3) is 5.92 Å². The van der Waals surface area contributed by atoms with Crippen molar-refractivity contribution in [1.29, 1.82) is 0 Å². The predicted molar refractivity (Wildman–Crippen MR) is 36.3 cm³/mol. The molecule has 1 heterocycles. The summed E-state index contributed by atoms with van der Waals surface area (Å²) < 4.78 is 25.2. The third kappa shape index (κ3) is 1.66. The van der Waals surface area contributed by atoms with Gasteiger partial charge in [0.15, 0.2) is 0 Å². The molecule has 0 bridgehead atoms. The summed E-state index contributed by atoms with van der Waals surface area (Å²) in [6.45, 7) is 2.36. The van der Waals surface area contributed by atoms with Gasteiger partial charge in [-0.3, -0.25) is 0 Å². The van der Waals surface area contributed by atoms with Gasteiger partial charge < -0.3 is 4.90 Å². The van der Waals surface area contributed by atoms with Gasteiger partial charge in [0.1, 0.15) is 0 Å². The second kappa shape index (κ2) is 2.46. The third-order valence-corrected chi connectivity index (χ3v) is 2.18. The lowest BCUT2D eigenvalue weighted by atomic mass is 10.0. The van der Waals surface area contributed by atoms with E-state index < -0.39 is 5.92 Å². The second-order valence-corrected chi connectivity index (χ2v) is 3.14. The highest BCUT2D eigenvalue weighted by atomic mass is 19.3. The smallest absolute Gasteiger partial charge is 0.250 e. The van der Waals surface area contributed by atoms with E-state index in [0.29, 0.717) is 6.54 Å². The molecule has 0 spiro atoms. The zero-order chi connectivity index (χ0) is 7.78. The van der Waals surface area contributed by atoms with Crippen LogP contribution in [0.2, 0.25) is 0 Å². The van der Waals surface area contributed by atoms with Gasteiger partial charge in [0, 0.05) is 25.4 Å². The average molecular weight is 149 g/mol. The number of hydrogen-bond acceptors (Lipinski definition) is 1. The van der Waals surface area contributed by atoms with Crippen molar-refractivity contribution >= 4 is 0 Å². The topological polar surface area (TPSA) is 3.24 Å². The Balaban J connectivity index is 2.49. The van der Waals surface area contributed by atoms with Gasteiger partial charge >= 0.3 is 0 Å². The minimum absolute atomic E-state index is 0.0174. The molecule has 1 rings (SSSR count). The molecule has 1 fully saturated rings. The lowest BCUT2D eigenvalue weighted by Crippen LogP contribution is -2.43. The number of likely N-dealkylation sites (tertiary alicyclic amines) is 1. The molecule has 60 valence electrons. The van der Waals surface area contributed by atoms with Crippen molar-refractivity contribution < 1.29 is 8.78 Å². The molecule has 0 aliphatic carbocycles. The molecule has 3 heteroatoms. The fourth-order valence-electron chi connectivity index (χ4n) is 1.25. The first-order chi connectivity index (χ1) is 4.51. The van der Waals surface area contributed by atoms with Crippen molar-refractivity contribution in [3.63, 3.8) is 0 Å². The van der Waals surface area contributed by atoms with Crippen molar-refractivity contribution in [1.82, 2.24) is 4.90 Å². The van der Waals surface area contributed by atoms with Gasteiger partial charge in [-0.25, -0.2) is 8.78 Å². The van der Waals surface area contributed by atoms with Crippen LogP contribution >= 0.6 is 0 Å². The zero-order valence-electron chi connectivity index (χ0n) is 6.40. The fourth-order valence-corrected chi connectivity index (χ4v) is 1.25. The molecule has 1 unspecified atom stereocenters. The Hall–Kier alpha value is -0.180. The van der Waals surface area contributed by atoms with E-state index in [0.717, 1.165) is 0 Å². The summed E-state index contributed by atoms with van der Waals surface area (Å²) in [5, 5.41) is 0. The number of nitrogens with zero attached hydrogens (tertiary/aromatic N) is 1. The van der Waals surface area contributed by atoms with Crippen LogP contribution in [0.4, 0.5) is 8.78 Å². The molecule has 1 saturated heterocycles. The highest BCUT2D eigenvalue weighted by Gasteiger charge is 2.36. The summed E-state index contributed by atoms with van der Waals surface area (Å²) >= 11 is 0. The highest BCUT2D eigenvalue weighted by Crippen LogP contribution is 2.30. The van der Waals surface area contributed by atoms with Crippen LogP contribution in [0.5, 0.6) is 0 Å². The van der Waals surface area contributed by atoms with Crippen LogP contribution in [-0.4, -0.2) is 30.5 Å². The fraction of sp³-hybridized carbons (Fsp3) is 1.00. The first-order valence-corrected chi connectivity index (χ1v) is 3.59. The molecule has 0 N–H and O–H groups in total. The molecule has 0 aromatic rings. The van der Waals surface area contributed by atoms with Crippen LogP contribution in [0, 0.1) is 0 Å². The Bertz CT molecular complexity index is 125. The molecule has 0 aromatic carbocycles. The number of halogens is 2. The van der Waals surface area contributed by atoms with Crippen molar-refractivity contribution in [2.75, 3.05) is 13.6 Å². The summed E-state index contributed by atoms with van der Waals surface area (Å²) in [4.78, 5) is 1.97. The summed E-state index contributed by atoms with van der Waals surface area (Å²) in [6, 6.07) is 0.0312. The van der Waals surface area contributed by atoms with Crippen molar-refractivity contribution in [2.24, 2.45) is 0 Å². The van der Waals surface area contributed by atoms with E-state index in [2.05, 4.69) is 0 Å². The van der Waals surface area contributed by atoms with E-state index >= 15 is 0 Å². The lowest BCUT2D eigenvalue weighted by molar-refractivity contribution is -0.0686. The van der Waals surface area contributed by atoms with E-state index in [1.54, 1.807) is 0 Å². The Kier molecular flexibility index (Phi) is 1.95. The number of alkyl halides is 2. The summed E-state index contributed by atoms with van der Waals surface area (Å²) in [5.74, 6) is -2.41. The molecule has 0 radical (unpaired) electrons. The molecule has 0 saturated carbocycles. The van der Waals surface area contributed by atoms with E-state index in [-0.39, 0.29) is 18.9 Å². The third-order valence-electron chi connectivity index (χ3n) is 2.18. The quantitative estimate of drug-likeness (QED) is 0.507. The largest absolute Gasteiger partial charge is 0.303 e. The maximum atomic E-state index is 12.6. The van der Waals surface area contributed by atoms with Crippen LogP contribution in [0.1, 0.15) is 19.8 Å². The summed E-state index contributed by atoms with van der Waals surface area (Å²) in [5.41, 5.74) is 0. The summed E-state index contributed by atoms with van der Waals surface area (Å²) in [6.07, 6.45) is 0.0390. The van der Waals surface area contributed by atoms with Crippen LogP contribution < -0.4 is 0 Å². The normalized spacial score (nSPS) is 34.2. The van der Waals surface area contributed by atoms with E-state index in [1.165, 1.54) is 0 Å². The van der Waals surface area contributed by atoms with Crippen LogP contribution in [0.3, 0.4) is 0 Å². The van der Waals surface area contributed by atoms with Crippen molar-refractivity contribution in [3.05, 3.63) is 0 Å². The van der Waals surface area contributed by atoms with Gasteiger partial charge in [-0.1, -0.05) is 0 Å². The molecule has 1 aliphatic heterocycles. The highest BCUT2D eigenvalue weighted by molar-refractivity contribution is 4.81. The number of rotatable bonds is 0. The minimum Gasteiger partial charge on any atom is -0.303 e. The molecular formula is C7H13F2N. The van der Waals surface area contributed by atoms with Gasteiger partial charge in [0.2, 0.25) is 0 Å². The summed E-state index contributed by atoms with van der Waals surface area (Å²) in [7, 11) is 1.89. The first kappa shape index (κ1) is 7.92. The Labute approximate surface area is 60.0 Å². The monoisotopic (exact) mass is 149 g/mol. The maximum Gasteiger partial charge on any atom is 0.250 e. The second-order valence-electron chi connectivity index (χ2n) is 3.14.